The summed E-state index contributed by atoms with van der Waals surface area (Å²) in [6.07, 6.45) is 5.05. The van der Waals surface area contributed by atoms with Gasteiger partial charge in [-0.3, -0.25) is 9.59 Å². The van der Waals surface area contributed by atoms with E-state index in [-0.39, 0.29) is 17.7 Å². The number of carboxylic acid groups (broad SMARTS) is 1. The lowest BCUT2D eigenvalue weighted by molar-refractivity contribution is -0.142. The van der Waals surface area contributed by atoms with E-state index in [1.165, 1.54) is 0 Å². The summed E-state index contributed by atoms with van der Waals surface area (Å²) < 4.78 is 5.16. The summed E-state index contributed by atoms with van der Waals surface area (Å²) in [7, 11) is 0. The molecule has 1 heterocycles. The number of rotatable bonds is 12. The maximum atomic E-state index is 12.5. The molecule has 0 saturated carbocycles. The molecule has 192 valence electrons. The predicted molar refractivity (Wildman–Crippen MR) is 137 cm³/mol. The Morgan fingerprint density at radius 1 is 1.11 bits per heavy atom. The third kappa shape index (κ3) is 9.42. The van der Waals surface area contributed by atoms with Crippen LogP contribution in [0.5, 0.6) is 0 Å². The minimum atomic E-state index is -0.760. The second-order valence-corrected chi connectivity index (χ2v) is 9.75. The summed E-state index contributed by atoms with van der Waals surface area (Å²) in [4.78, 5) is 42.6. The maximum absolute atomic E-state index is 12.5. The molecule has 1 aromatic carbocycles. The average molecular weight is 487 g/mol. The fourth-order valence-electron chi connectivity index (χ4n) is 3.69. The number of amidine groups is 1. The Hall–Kier alpha value is -3.36. The Balaban J connectivity index is 1.87. The molecule has 1 atom stereocenters. The van der Waals surface area contributed by atoms with Gasteiger partial charge in [-0.1, -0.05) is 32.6 Å². The van der Waals surface area contributed by atoms with Gasteiger partial charge in [-0.25, -0.2) is 4.79 Å². The fraction of sp³-hybridized carbons (Fsp3) is 0.538. The summed E-state index contributed by atoms with van der Waals surface area (Å²) in [6, 6.07) is 6.97. The molecule has 1 aromatic heterocycles. The van der Waals surface area contributed by atoms with Crippen LogP contribution < -0.4 is 11.1 Å². The molecule has 0 bridgehead atoms. The first kappa shape index (κ1) is 27.9. The molecule has 1 unspecified atom stereocenters. The van der Waals surface area contributed by atoms with E-state index >= 15 is 0 Å². The lowest BCUT2D eigenvalue weighted by atomic mass is 9.96. The molecular formula is C26H38N4O5. The third-order valence-corrected chi connectivity index (χ3v) is 5.54. The van der Waals surface area contributed by atoms with Gasteiger partial charge in [0.15, 0.2) is 0 Å². The number of aliphatic carboxylic acids is 1. The van der Waals surface area contributed by atoms with Crippen molar-refractivity contribution in [3.05, 3.63) is 35.5 Å². The van der Waals surface area contributed by atoms with Crippen LogP contribution in [-0.4, -0.2) is 46.0 Å². The van der Waals surface area contributed by atoms with Crippen molar-refractivity contribution in [3.8, 4) is 0 Å². The topological polar surface area (TPSA) is 147 Å². The van der Waals surface area contributed by atoms with Gasteiger partial charge in [0.1, 0.15) is 17.1 Å². The highest BCUT2D eigenvalue weighted by Gasteiger charge is 2.17. The highest BCUT2D eigenvalue weighted by atomic mass is 16.6. The van der Waals surface area contributed by atoms with Crippen LogP contribution in [0.2, 0.25) is 0 Å². The highest BCUT2D eigenvalue weighted by molar-refractivity contribution is 6.06. The Morgan fingerprint density at radius 3 is 2.49 bits per heavy atom. The Morgan fingerprint density at radius 2 is 1.83 bits per heavy atom. The molecule has 9 heteroatoms. The molecule has 0 aliphatic rings. The quantitative estimate of drug-likeness (QED) is 0.189. The van der Waals surface area contributed by atoms with Crippen molar-refractivity contribution in [3.63, 3.8) is 0 Å². The largest absolute Gasteiger partial charge is 0.481 e. The zero-order chi connectivity index (χ0) is 26.0. The first-order chi connectivity index (χ1) is 16.5. The summed E-state index contributed by atoms with van der Waals surface area (Å²) in [5, 5.41) is 13.0. The molecule has 2 rings (SSSR count). The van der Waals surface area contributed by atoms with E-state index in [2.05, 4.69) is 22.2 Å². The third-order valence-electron chi connectivity index (χ3n) is 5.54. The molecule has 2 amide bonds. The van der Waals surface area contributed by atoms with E-state index in [1.54, 1.807) is 45.0 Å². The molecular weight excluding hydrogens is 448 g/mol. The van der Waals surface area contributed by atoms with Crippen LogP contribution >= 0.6 is 0 Å². The van der Waals surface area contributed by atoms with Gasteiger partial charge in [-0.15, -0.1) is 0 Å². The fourth-order valence-corrected chi connectivity index (χ4v) is 3.69. The van der Waals surface area contributed by atoms with Crippen molar-refractivity contribution < 1.29 is 24.2 Å². The van der Waals surface area contributed by atoms with Crippen LogP contribution in [0.4, 0.5) is 4.79 Å². The first-order valence-electron chi connectivity index (χ1n) is 12.2. The summed E-state index contributed by atoms with van der Waals surface area (Å²) >= 11 is 0. The molecule has 9 nitrogen and oxygen atoms in total. The van der Waals surface area contributed by atoms with Crippen LogP contribution in [0, 0.1) is 5.92 Å². The zero-order valence-corrected chi connectivity index (χ0v) is 21.1. The maximum Gasteiger partial charge on any atom is 0.436 e. The molecule has 5 N–H and O–H groups in total. The molecule has 0 aliphatic carbocycles. The molecule has 2 aromatic rings. The minimum absolute atomic E-state index is 0.0354. The van der Waals surface area contributed by atoms with Gasteiger partial charge >= 0.3 is 12.1 Å². The summed E-state index contributed by atoms with van der Waals surface area (Å²) in [6.45, 7) is 7.82. The number of unbranched alkanes of at least 4 members (excludes halogenated alkanes) is 3. The van der Waals surface area contributed by atoms with E-state index in [1.807, 2.05) is 0 Å². The number of carbonyl (C=O) groups is 3. The van der Waals surface area contributed by atoms with Crippen LogP contribution in [0.3, 0.4) is 0 Å². The van der Waals surface area contributed by atoms with Gasteiger partial charge in [0.05, 0.1) is 5.92 Å². The van der Waals surface area contributed by atoms with Crippen LogP contribution in [0.15, 0.2) is 29.3 Å². The lowest BCUT2D eigenvalue weighted by Gasteiger charge is -2.17. The number of fused-ring (bicyclic) bond motifs is 1. The smallest absolute Gasteiger partial charge is 0.436 e. The van der Waals surface area contributed by atoms with Gasteiger partial charge in [0.25, 0.3) is 5.91 Å². The number of amides is 2. The number of hydrogen-bond acceptors (Lipinski definition) is 4. The van der Waals surface area contributed by atoms with Crippen molar-refractivity contribution in [2.45, 2.75) is 78.2 Å². The number of H-pyrrole nitrogens is 1. The number of nitrogens with one attached hydrogen (secondary N) is 2. The van der Waals surface area contributed by atoms with E-state index in [9.17, 15) is 19.5 Å². The van der Waals surface area contributed by atoms with Crippen LogP contribution in [0.1, 0.15) is 88.7 Å². The molecule has 0 saturated heterocycles. The number of hydrogen-bond donors (Lipinski definition) is 4. The second kappa shape index (κ2) is 12.9. The monoisotopic (exact) mass is 486 g/mol. The number of aliphatic imine (C=N–C) groups is 1. The number of benzene rings is 1. The van der Waals surface area contributed by atoms with E-state index in [0.29, 0.717) is 24.2 Å². The Bertz CT molecular complexity index is 1050. The number of nitrogens with zero attached hydrogens (tertiary/aromatic N) is 1. The minimum Gasteiger partial charge on any atom is -0.481 e. The zero-order valence-electron chi connectivity index (χ0n) is 21.1. The standard InChI is InChI=1S/C26H38N4O5/c1-5-6-10-17(24(32)33)11-8-7-9-14-28-23(31)21-16-19-15-18(12-13-20(19)29-21)22(27)30-25(34)35-26(2,3)4/h12-13,15-17,29H,5-11,14H2,1-4H3,(H,28,31)(H,32,33)(H2,27,30,34). The van der Waals surface area contributed by atoms with Crippen LogP contribution in [0.25, 0.3) is 10.9 Å². The summed E-state index contributed by atoms with van der Waals surface area (Å²) in [5.41, 5.74) is 7.03. The number of aromatic nitrogens is 1. The van der Waals surface area contributed by atoms with Gasteiger partial charge in [-0.2, -0.15) is 4.99 Å². The molecule has 35 heavy (non-hydrogen) atoms. The lowest BCUT2D eigenvalue weighted by Crippen LogP contribution is -2.24. The van der Waals surface area contributed by atoms with Crippen LogP contribution in [-0.2, 0) is 9.53 Å². The van der Waals surface area contributed by atoms with Crippen molar-refractivity contribution in [1.29, 1.82) is 0 Å². The molecule has 0 aliphatic heterocycles. The van der Waals surface area contributed by atoms with E-state index in [4.69, 9.17) is 10.5 Å². The van der Waals surface area contributed by atoms with Crippen molar-refractivity contribution in [2.24, 2.45) is 16.6 Å². The van der Waals surface area contributed by atoms with Crippen molar-refractivity contribution in [2.75, 3.05) is 6.54 Å². The van der Waals surface area contributed by atoms with E-state index in [0.717, 1.165) is 49.4 Å². The number of ether oxygens (including phenoxy) is 1. The van der Waals surface area contributed by atoms with Crippen molar-refractivity contribution >= 4 is 34.7 Å². The highest BCUT2D eigenvalue weighted by Crippen LogP contribution is 2.19. The second-order valence-electron chi connectivity index (χ2n) is 9.75. The Labute approximate surface area is 206 Å². The van der Waals surface area contributed by atoms with E-state index < -0.39 is 17.7 Å². The average Bonchev–Trinajstić information content (AvgIpc) is 3.19. The predicted octanol–water partition coefficient (Wildman–Crippen LogP) is 4.99. The molecule has 0 radical (unpaired) electrons. The summed E-state index contributed by atoms with van der Waals surface area (Å²) in [5.74, 6) is -1.17. The van der Waals surface area contributed by atoms with Gasteiger partial charge < -0.3 is 25.9 Å². The number of carboxylic acids is 1. The molecule has 0 fully saturated rings. The molecule has 0 spiro atoms. The first-order valence-corrected chi connectivity index (χ1v) is 12.2. The normalized spacial score (nSPS) is 13.0. The number of nitrogens with two attached hydrogens (primary N) is 1. The SMILES string of the molecule is CCCCC(CCCCCNC(=O)c1cc2cc(/C(N)=N/C(=O)OC(C)(C)C)ccc2[nH]1)C(=O)O. The number of carbonyl (C=O) groups excluding carboxylic acids is 2. The van der Waals surface area contributed by atoms with Gasteiger partial charge in [-0.05, 0) is 64.3 Å². The van der Waals surface area contributed by atoms with Crippen molar-refractivity contribution in [1.82, 2.24) is 10.3 Å². The Kier molecular flexibility index (Phi) is 10.3. The number of aromatic amines is 1. The van der Waals surface area contributed by atoms with Gasteiger partial charge in [0.2, 0.25) is 0 Å². The van der Waals surface area contributed by atoms with Gasteiger partial charge in [0, 0.05) is 23.0 Å².